The monoisotopic (exact) mass is 365 g/mol. The van der Waals surface area contributed by atoms with Crippen molar-refractivity contribution < 1.29 is 9.53 Å². The Labute approximate surface area is 160 Å². The minimum Gasteiger partial charge on any atom is -0.378 e. The van der Waals surface area contributed by atoms with E-state index >= 15 is 0 Å². The number of amides is 1. The molecule has 2 aromatic rings. The Morgan fingerprint density at radius 3 is 2.04 bits per heavy atom. The van der Waals surface area contributed by atoms with E-state index in [-0.39, 0.29) is 18.0 Å². The van der Waals surface area contributed by atoms with E-state index in [4.69, 9.17) is 4.74 Å². The van der Waals surface area contributed by atoms with E-state index < -0.39 is 0 Å². The van der Waals surface area contributed by atoms with Crippen LogP contribution >= 0.6 is 0 Å². The van der Waals surface area contributed by atoms with Crippen LogP contribution < -0.4 is 5.32 Å². The molecule has 5 heteroatoms. The number of hydrogen-bond acceptors (Lipinski definition) is 4. The van der Waals surface area contributed by atoms with Gasteiger partial charge in [-0.15, -0.1) is 0 Å². The lowest BCUT2D eigenvalue weighted by molar-refractivity contribution is -0.138. The van der Waals surface area contributed by atoms with Gasteiger partial charge in [0, 0.05) is 32.7 Å². The fraction of sp³-hybridized carbons (Fsp3) is 0.409. The van der Waals surface area contributed by atoms with Gasteiger partial charge in [0.05, 0.1) is 19.3 Å². The molecule has 0 saturated carbocycles. The quantitative estimate of drug-likeness (QED) is 0.899. The summed E-state index contributed by atoms with van der Waals surface area (Å²) in [6.45, 7) is 5.17. The van der Waals surface area contributed by atoms with Crippen molar-refractivity contribution in [2.24, 2.45) is 0 Å². The first-order valence-corrected chi connectivity index (χ1v) is 9.77. The van der Waals surface area contributed by atoms with E-state index in [1.54, 1.807) is 0 Å². The molecule has 2 fully saturated rings. The lowest BCUT2D eigenvalue weighted by atomic mass is 9.96. The SMILES string of the molecule is O=C(C1COCCN1)N1CCN(C(c2ccccc2)c2ccccc2)CC1. The highest BCUT2D eigenvalue weighted by atomic mass is 16.5. The summed E-state index contributed by atoms with van der Waals surface area (Å²) in [6.07, 6.45) is 0. The largest absolute Gasteiger partial charge is 0.378 e. The molecular weight excluding hydrogens is 338 g/mol. The third-order valence-electron chi connectivity index (χ3n) is 5.44. The third-order valence-corrected chi connectivity index (χ3v) is 5.44. The number of carbonyl (C=O) groups is 1. The topological polar surface area (TPSA) is 44.8 Å². The fourth-order valence-corrected chi connectivity index (χ4v) is 4.03. The molecule has 5 nitrogen and oxygen atoms in total. The molecule has 2 aromatic carbocycles. The van der Waals surface area contributed by atoms with Crippen LogP contribution in [0.3, 0.4) is 0 Å². The summed E-state index contributed by atoms with van der Waals surface area (Å²) in [5.41, 5.74) is 2.59. The maximum atomic E-state index is 12.7. The fourth-order valence-electron chi connectivity index (χ4n) is 4.03. The van der Waals surface area contributed by atoms with Crippen molar-refractivity contribution in [1.29, 1.82) is 0 Å². The number of piperazine rings is 1. The zero-order valence-electron chi connectivity index (χ0n) is 15.6. The Morgan fingerprint density at radius 2 is 1.52 bits per heavy atom. The summed E-state index contributed by atoms with van der Waals surface area (Å²) >= 11 is 0. The molecule has 4 rings (SSSR count). The van der Waals surface area contributed by atoms with Gasteiger partial charge in [-0.05, 0) is 11.1 Å². The zero-order chi connectivity index (χ0) is 18.5. The second-order valence-corrected chi connectivity index (χ2v) is 7.17. The molecule has 27 heavy (non-hydrogen) atoms. The van der Waals surface area contributed by atoms with Gasteiger partial charge in [0.2, 0.25) is 5.91 Å². The molecule has 2 saturated heterocycles. The van der Waals surface area contributed by atoms with E-state index in [2.05, 4.69) is 70.9 Å². The van der Waals surface area contributed by atoms with Crippen molar-refractivity contribution in [3.8, 4) is 0 Å². The number of rotatable bonds is 4. The molecule has 0 spiro atoms. The number of nitrogens with one attached hydrogen (secondary N) is 1. The molecule has 0 aliphatic carbocycles. The second kappa shape index (κ2) is 8.65. The minimum absolute atomic E-state index is 0.172. The van der Waals surface area contributed by atoms with E-state index in [9.17, 15) is 4.79 Å². The van der Waals surface area contributed by atoms with E-state index in [1.165, 1.54) is 11.1 Å². The Balaban J connectivity index is 1.46. The molecule has 0 bridgehead atoms. The second-order valence-electron chi connectivity index (χ2n) is 7.17. The van der Waals surface area contributed by atoms with Gasteiger partial charge in [0.1, 0.15) is 6.04 Å². The van der Waals surface area contributed by atoms with Crippen LogP contribution in [0.25, 0.3) is 0 Å². The van der Waals surface area contributed by atoms with Gasteiger partial charge in [-0.1, -0.05) is 60.7 Å². The first kappa shape index (κ1) is 18.2. The number of morpholine rings is 1. The van der Waals surface area contributed by atoms with Crippen LogP contribution in [-0.2, 0) is 9.53 Å². The van der Waals surface area contributed by atoms with Gasteiger partial charge in [0.15, 0.2) is 0 Å². The summed E-state index contributed by atoms with van der Waals surface area (Å²) < 4.78 is 5.45. The summed E-state index contributed by atoms with van der Waals surface area (Å²) in [5, 5.41) is 3.27. The van der Waals surface area contributed by atoms with Crippen LogP contribution in [-0.4, -0.2) is 67.7 Å². The number of nitrogens with zero attached hydrogens (tertiary/aromatic N) is 2. The predicted octanol–water partition coefficient (Wildman–Crippen LogP) is 1.91. The standard InChI is InChI=1S/C22H27N3O2/c26-22(20-17-27-16-11-23-20)25-14-12-24(13-15-25)21(18-7-3-1-4-8-18)19-9-5-2-6-10-19/h1-10,20-21,23H,11-17H2. The van der Waals surface area contributed by atoms with E-state index in [1.807, 2.05) is 4.90 Å². The van der Waals surface area contributed by atoms with Crippen molar-refractivity contribution in [1.82, 2.24) is 15.1 Å². The van der Waals surface area contributed by atoms with Gasteiger partial charge in [-0.2, -0.15) is 0 Å². The maximum Gasteiger partial charge on any atom is 0.242 e. The highest BCUT2D eigenvalue weighted by molar-refractivity contribution is 5.82. The molecule has 0 aromatic heterocycles. The van der Waals surface area contributed by atoms with E-state index in [0.29, 0.717) is 13.2 Å². The van der Waals surface area contributed by atoms with Crippen LogP contribution in [0.5, 0.6) is 0 Å². The molecule has 1 amide bonds. The molecule has 2 aliphatic rings. The predicted molar refractivity (Wildman–Crippen MR) is 105 cm³/mol. The van der Waals surface area contributed by atoms with Gasteiger partial charge >= 0.3 is 0 Å². The average Bonchev–Trinajstić information content (AvgIpc) is 2.76. The van der Waals surface area contributed by atoms with Crippen molar-refractivity contribution in [2.75, 3.05) is 45.9 Å². The van der Waals surface area contributed by atoms with Crippen molar-refractivity contribution in [3.05, 3.63) is 71.8 Å². The summed E-state index contributed by atoms with van der Waals surface area (Å²) in [7, 11) is 0. The van der Waals surface area contributed by atoms with Gasteiger partial charge < -0.3 is 15.0 Å². The van der Waals surface area contributed by atoms with Gasteiger partial charge in [-0.25, -0.2) is 0 Å². The van der Waals surface area contributed by atoms with Crippen molar-refractivity contribution in [2.45, 2.75) is 12.1 Å². The van der Waals surface area contributed by atoms with Crippen LogP contribution in [0, 0.1) is 0 Å². The number of benzene rings is 2. The first-order valence-electron chi connectivity index (χ1n) is 9.77. The Hall–Kier alpha value is -2.21. The smallest absolute Gasteiger partial charge is 0.242 e. The number of ether oxygens (including phenoxy) is 1. The summed E-state index contributed by atoms with van der Waals surface area (Å²) in [6, 6.07) is 21.3. The van der Waals surface area contributed by atoms with Crippen molar-refractivity contribution in [3.63, 3.8) is 0 Å². The molecule has 1 atom stereocenters. The molecule has 1 N–H and O–H groups in total. The number of carbonyl (C=O) groups excluding carboxylic acids is 1. The third kappa shape index (κ3) is 4.21. The summed E-state index contributed by atoms with van der Waals surface area (Å²) in [5.74, 6) is 0.172. The van der Waals surface area contributed by atoms with Crippen LogP contribution in [0.15, 0.2) is 60.7 Å². The lowest BCUT2D eigenvalue weighted by Crippen LogP contribution is -2.57. The molecule has 2 aliphatic heterocycles. The highest BCUT2D eigenvalue weighted by Gasteiger charge is 2.31. The Kier molecular flexibility index (Phi) is 5.82. The minimum atomic E-state index is -0.190. The molecular formula is C22H27N3O2. The normalized spacial score (nSPS) is 21.4. The molecule has 2 heterocycles. The van der Waals surface area contributed by atoms with E-state index in [0.717, 1.165) is 32.7 Å². The zero-order valence-corrected chi connectivity index (χ0v) is 15.6. The average molecular weight is 365 g/mol. The maximum absolute atomic E-state index is 12.7. The molecule has 1 unspecified atom stereocenters. The molecule has 142 valence electrons. The van der Waals surface area contributed by atoms with Crippen LogP contribution in [0.1, 0.15) is 17.2 Å². The lowest BCUT2D eigenvalue weighted by Gasteiger charge is -2.41. The first-order chi connectivity index (χ1) is 13.3. The Morgan fingerprint density at radius 1 is 0.926 bits per heavy atom. The van der Waals surface area contributed by atoms with Gasteiger partial charge in [-0.3, -0.25) is 9.69 Å². The van der Waals surface area contributed by atoms with Crippen molar-refractivity contribution >= 4 is 5.91 Å². The Bertz CT molecular complexity index is 684. The van der Waals surface area contributed by atoms with Gasteiger partial charge in [0.25, 0.3) is 0 Å². The molecule has 0 radical (unpaired) electrons. The van der Waals surface area contributed by atoms with Crippen LogP contribution in [0.4, 0.5) is 0 Å². The highest BCUT2D eigenvalue weighted by Crippen LogP contribution is 2.29. The van der Waals surface area contributed by atoms with Crippen LogP contribution in [0.2, 0.25) is 0 Å². The summed E-state index contributed by atoms with van der Waals surface area (Å²) in [4.78, 5) is 17.2. The number of hydrogen-bond donors (Lipinski definition) is 1.